The molecule has 0 bridgehead atoms. The second-order valence-electron chi connectivity index (χ2n) is 7.70. The van der Waals surface area contributed by atoms with Crippen molar-refractivity contribution in [3.8, 4) is 11.8 Å². The number of hydrogen-bond donors (Lipinski definition) is 0. The number of aryl methyl sites for hydroxylation is 6. The molecule has 1 radical (unpaired) electrons. The van der Waals surface area contributed by atoms with Gasteiger partial charge >= 0.3 is 32.4 Å². The first-order valence-electron chi connectivity index (χ1n) is 10.6. The summed E-state index contributed by atoms with van der Waals surface area (Å²) in [6.45, 7) is 18.5. The first kappa shape index (κ1) is 31.9. The molecule has 181 valence electrons. The minimum Gasteiger partial charge on any atom is -0.358 e. The summed E-state index contributed by atoms with van der Waals surface area (Å²) in [5, 5.41) is 14.0. The van der Waals surface area contributed by atoms with E-state index in [2.05, 4.69) is 72.8 Å². The summed E-state index contributed by atoms with van der Waals surface area (Å²) in [6, 6.07) is 16.2. The second-order valence-corrected chi connectivity index (χ2v) is 7.70. The smallest absolute Gasteiger partial charge is 0.358 e. The molecule has 0 aliphatic carbocycles. The van der Waals surface area contributed by atoms with Gasteiger partial charge in [-0.15, -0.1) is 5.92 Å². The van der Waals surface area contributed by atoms with Crippen LogP contribution in [0.3, 0.4) is 0 Å². The van der Waals surface area contributed by atoms with Crippen LogP contribution in [0, 0.1) is 67.5 Å². The Labute approximate surface area is 224 Å². The van der Waals surface area contributed by atoms with Gasteiger partial charge in [0.25, 0.3) is 7.12 Å². The van der Waals surface area contributed by atoms with E-state index in [1.54, 1.807) is 0 Å². The van der Waals surface area contributed by atoms with Gasteiger partial charge in [0.05, 0.1) is 17.1 Å². The van der Waals surface area contributed by atoms with Gasteiger partial charge in [-0.05, 0) is 95.9 Å². The van der Waals surface area contributed by atoms with Gasteiger partial charge in [0, 0.05) is 5.56 Å². The van der Waals surface area contributed by atoms with E-state index in [9.17, 15) is 0 Å². The number of hydrogen-bond acceptors (Lipinski definition) is 3. The van der Waals surface area contributed by atoms with E-state index < -0.39 is 0 Å². The summed E-state index contributed by atoms with van der Waals surface area (Å²) in [5.74, 6) is 5.79. The van der Waals surface area contributed by atoms with Crippen molar-refractivity contribution in [3.63, 3.8) is 0 Å². The summed E-state index contributed by atoms with van der Waals surface area (Å²) < 4.78 is 13.4. The molecular formula is C26H32BN6OW. The molecule has 0 saturated heterocycles. The third-order valence-electron chi connectivity index (χ3n) is 4.83. The van der Waals surface area contributed by atoms with E-state index in [0.29, 0.717) is 0 Å². The standard InChI is InChI=1S/C15H21BN6.C9H8.CO.CH3.W/c1-10-7-13(4)20(17-10)16(21-14(5)8-11(2)18-21)22-15(6)9-12(3)19-22;1-2-6-9-7-4-3-5-8-9;1-2;;/h7-9H,1-6H3;3-5,7-8H,1H3;;1H3;/q-1;;;-1;+2. The van der Waals surface area contributed by atoms with Crippen molar-refractivity contribution in [1.29, 1.82) is 0 Å². The topological polar surface area (TPSA) is 73.4 Å². The predicted molar refractivity (Wildman–Crippen MR) is 136 cm³/mol. The van der Waals surface area contributed by atoms with E-state index in [1.165, 1.54) is 0 Å². The zero-order chi connectivity index (χ0) is 24.5. The van der Waals surface area contributed by atoms with Gasteiger partial charge in [0.2, 0.25) is 0 Å². The molecule has 3 aromatic heterocycles. The number of nitrogens with zero attached hydrogens (tertiary/aromatic N) is 6. The van der Waals surface area contributed by atoms with Crippen LogP contribution in [-0.2, 0) is 25.7 Å². The first-order chi connectivity index (χ1) is 15.8. The van der Waals surface area contributed by atoms with Crippen molar-refractivity contribution in [1.82, 2.24) is 29.1 Å². The van der Waals surface area contributed by atoms with Crippen molar-refractivity contribution in [2.24, 2.45) is 0 Å². The van der Waals surface area contributed by atoms with E-state index >= 15 is 0 Å². The molecule has 7 nitrogen and oxygen atoms in total. The van der Waals surface area contributed by atoms with Gasteiger partial charge in [0.1, 0.15) is 0 Å². The van der Waals surface area contributed by atoms with Crippen LogP contribution >= 0.6 is 0 Å². The van der Waals surface area contributed by atoms with Crippen LogP contribution in [0.15, 0.2) is 48.5 Å². The normalized spacial score (nSPS) is 9.31. The van der Waals surface area contributed by atoms with Crippen LogP contribution in [0.1, 0.15) is 46.7 Å². The summed E-state index contributed by atoms with van der Waals surface area (Å²) in [5.41, 5.74) is 7.31. The van der Waals surface area contributed by atoms with Crippen LogP contribution in [0.2, 0.25) is 0 Å². The van der Waals surface area contributed by atoms with Gasteiger partial charge in [-0.2, -0.15) is 0 Å². The molecule has 0 saturated carbocycles. The summed E-state index contributed by atoms with van der Waals surface area (Å²) in [6.07, 6.45) is 0. The number of rotatable bonds is 3. The van der Waals surface area contributed by atoms with Crippen molar-refractivity contribution >= 4 is 7.12 Å². The molecule has 0 spiro atoms. The number of aromatic nitrogens is 6. The monoisotopic (exact) mass is 639 g/mol. The minimum absolute atomic E-state index is 0. The molecule has 0 aliphatic heterocycles. The fourth-order valence-corrected chi connectivity index (χ4v) is 3.62. The van der Waals surface area contributed by atoms with Crippen LogP contribution in [0.4, 0.5) is 0 Å². The molecule has 9 heteroatoms. The molecule has 0 amide bonds. The Kier molecular flexibility index (Phi) is 13.7. The number of benzene rings is 1. The van der Waals surface area contributed by atoms with Crippen molar-refractivity contribution < 1.29 is 25.7 Å². The van der Waals surface area contributed by atoms with Crippen molar-refractivity contribution in [2.75, 3.05) is 0 Å². The average molecular weight is 639 g/mol. The summed E-state index contributed by atoms with van der Waals surface area (Å²) in [4.78, 5) is 0. The van der Waals surface area contributed by atoms with E-state index in [4.69, 9.17) is 4.65 Å². The quantitative estimate of drug-likeness (QED) is 0.143. The first-order valence-corrected chi connectivity index (χ1v) is 10.6. The molecule has 1 aromatic carbocycles. The Morgan fingerprint density at radius 1 is 0.714 bits per heavy atom. The van der Waals surface area contributed by atoms with Gasteiger partial charge in [-0.3, -0.25) is 0 Å². The molecule has 0 unspecified atom stereocenters. The fourth-order valence-electron chi connectivity index (χ4n) is 3.62. The van der Waals surface area contributed by atoms with E-state index in [0.717, 1.165) is 39.7 Å². The molecule has 4 rings (SSSR count). The van der Waals surface area contributed by atoms with Gasteiger partial charge in [0.15, 0.2) is 0 Å². The van der Waals surface area contributed by atoms with Gasteiger partial charge in [-0.25, -0.2) is 15.3 Å². The molecule has 35 heavy (non-hydrogen) atoms. The van der Waals surface area contributed by atoms with Crippen molar-refractivity contribution in [3.05, 3.63) is 102 Å². The zero-order valence-electron chi connectivity index (χ0n) is 21.7. The molecule has 4 aromatic rings. The Balaban J connectivity index is 0.000000756. The Hall–Kier alpha value is -3.10. The molecule has 0 fully saturated rings. The average Bonchev–Trinajstić information content (AvgIpc) is 3.41. The maximum Gasteiger partial charge on any atom is 2.00 e. The molecule has 3 heterocycles. The maximum atomic E-state index is 7.50. The third-order valence-corrected chi connectivity index (χ3v) is 4.83. The maximum absolute atomic E-state index is 7.50. The molecule has 0 N–H and O–H groups in total. The minimum atomic E-state index is -0.226. The van der Waals surface area contributed by atoms with Crippen molar-refractivity contribution in [2.45, 2.75) is 48.5 Å². The third kappa shape index (κ3) is 8.26. The largest absolute Gasteiger partial charge is 2.00 e. The Morgan fingerprint density at radius 3 is 1.31 bits per heavy atom. The Morgan fingerprint density at radius 2 is 1.06 bits per heavy atom. The summed E-state index contributed by atoms with van der Waals surface area (Å²) >= 11 is 0. The zero-order valence-corrected chi connectivity index (χ0v) is 24.6. The second kappa shape index (κ2) is 15.0. The van der Waals surface area contributed by atoms with E-state index in [1.807, 2.05) is 71.8 Å². The van der Waals surface area contributed by atoms with Gasteiger partial charge in [-0.1, -0.05) is 24.1 Å². The molecule has 0 aliphatic rings. The SMILES string of the molecule is CC#Cc1ccccc1.Cc1cc(C)n([B-](n2nc(C)cc2C)n2nc(C)cc2C)n1.[C-]#[O+].[CH3-].[W+2]. The van der Waals surface area contributed by atoms with Crippen LogP contribution in [-0.4, -0.2) is 36.2 Å². The van der Waals surface area contributed by atoms with Crippen LogP contribution in [0.25, 0.3) is 0 Å². The van der Waals surface area contributed by atoms with Crippen LogP contribution < -0.4 is 0 Å². The molecular weight excluding hydrogens is 607 g/mol. The summed E-state index contributed by atoms with van der Waals surface area (Å²) in [7, 11) is -0.226. The van der Waals surface area contributed by atoms with E-state index in [-0.39, 0.29) is 35.6 Å². The van der Waals surface area contributed by atoms with Crippen LogP contribution in [0.5, 0.6) is 0 Å². The molecule has 0 atom stereocenters. The fraction of sp³-hybridized carbons (Fsp3) is 0.269. The predicted octanol–water partition coefficient (Wildman–Crippen LogP) is 4.52. The Bertz CT molecular complexity index is 1170. The van der Waals surface area contributed by atoms with Gasteiger partial charge < -0.3 is 21.2 Å².